The molecule has 1 fully saturated rings. The molecule has 0 amide bonds. The van der Waals surface area contributed by atoms with E-state index in [1.165, 1.54) is 18.4 Å². The van der Waals surface area contributed by atoms with Crippen LogP contribution in [0.1, 0.15) is 38.2 Å². The van der Waals surface area contributed by atoms with Crippen molar-refractivity contribution in [3.05, 3.63) is 23.9 Å². The molecule has 0 aromatic carbocycles. The molecule has 0 unspecified atom stereocenters. The lowest BCUT2D eigenvalue weighted by Gasteiger charge is -2.33. The molecule has 3 heteroatoms. The minimum Gasteiger partial charge on any atom is -0.354 e. The van der Waals surface area contributed by atoms with E-state index in [2.05, 4.69) is 47.8 Å². The number of likely N-dealkylation sites (N-methyl/N-ethyl adjacent to an activating group) is 1. The Balaban J connectivity index is 2.11. The van der Waals surface area contributed by atoms with E-state index in [1.807, 2.05) is 6.20 Å². The van der Waals surface area contributed by atoms with Gasteiger partial charge < -0.3 is 9.80 Å². The summed E-state index contributed by atoms with van der Waals surface area (Å²) in [5, 5.41) is 0. The van der Waals surface area contributed by atoms with Gasteiger partial charge in [0.15, 0.2) is 0 Å². The average Bonchev–Trinajstić information content (AvgIpc) is 2.41. The SMILES string of the molecule is CCC(CC)c1ccnc(N2CCN(C)CC2)c1. The van der Waals surface area contributed by atoms with Gasteiger partial charge in [-0.3, -0.25) is 0 Å². The molecule has 0 atom stereocenters. The van der Waals surface area contributed by atoms with Gasteiger partial charge in [-0.1, -0.05) is 13.8 Å². The van der Waals surface area contributed by atoms with Crippen molar-refractivity contribution in [2.24, 2.45) is 0 Å². The average molecular weight is 247 g/mol. The zero-order valence-electron chi connectivity index (χ0n) is 11.9. The molecule has 18 heavy (non-hydrogen) atoms. The monoisotopic (exact) mass is 247 g/mol. The van der Waals surface area contributed by atoms with E-state index < -0.39 is 0 Å². The zero-order valence-corrected chi connectivity index (χ0v) is 11.9. The Bertz CT molecular complexity index is 366. The van der Waals surface area contributed by atoms with Crippen LogP contribution in [0.3, 0.4) is 0 Å². The molecule has 3 nitrogen and oxygen atoms in total. The Morgan fingerprint density at radius 2 is 1.83 bits per heavy atom. The lowest BCUT2D eigenvalue weighted by molar-refractivity contribution is 0.312. The largest absolute Gasteiger partial charge is 0.354 e. The molecule has 0 aliphatic carbocycles. The zero-order chi connectivity index (χ0) is 13.0. The maximum absolute atomic E-state index is 4.55. The van der Waals surface area contributed by atoms with Crippen molar-refractivity contribution >= 4 is 5.82 Å². The quantitative estimate of drug-likeness (QED) is 0.815. The summed E-state index contributed by atoms with van der Waals surface area (Å²) in [7, 11) is 2.19. The second kappa shape index (κ2) is 6.19. The lowest BCUT2D eigenvalue weighted by Crippen LogP contribution is -2.44. The normalized spacial score (nSPS) is 17.4. The van der Waals surface area contributed by atoms with E-state index in [4.69, 9.17) is 0 Å². The second-order valence-corrected chi connectivity index (χ2v) is 5.25. The van der Waals surface area contributed by atoms with Crippen LogP contribution < -0.4 is 4.90 Å². The summed E-state index contributed by atoms with van der Waals surface area (Å²) in [5.41, 5.74) is 1.45. The van der Waals surface area contributed by atoms with E-state index in [0.29, 0.717) is 5.92 Å². The molecule has 1 aromatic rings. The summed E-state index contributed by atoms with van der Waals surface area (Å²) >= 11 is 0. The molecule has 0 bridgehead atoms. The maximum Gasteiger partial charge on any atom is 0.128 e. The number of hydrogen-bond donors (Lipinski definition) is 0. The minimum absolute atomic E-state index is 0.680. The summed E-state index contributed by atoms with van der Waals surface area (Å²) < 4.78 is 0. The van der Waals surface area contributed by atoms with Crippen LogP contribution in [-0.2, 0) is 0 Å². The number of pyridine rings is 1. The van der Waals surface area contributed by atoms with Gasteiger partial charge in [0.2, 0.25) is 0 Å². The number of aromatic nitrogens is 1. The van der Waals surface area contributed by atoms with Gasteiger partial charge in [0.1, 0.15) is 5.82 Å². The molecule has 100 valence electrons. The standard InChI is InChI=1S/C15H25N3/c1-4-13(5-2)14-6-7-16-15(12-14)18-10-8-17(3)9-11-18/h6-7,12-13H,4-5,8-11H2,1-3H3. The lowest BCUT2D eigenvalue weighted by atomic mass is 9.95. The van der Waals surface area contributed by atoms with Crippen LogP contribution in [0.5, 0.6) is 0 Å². The Morgan fingerprint density at radius 1 is 1.17 bits per heavy atom. The van der Waals surface area contributed by atoms with Gasteiger partial charge in [0.25, 0.3) is 0 Å². The summed E-state index contributed by atoms with van der Waals surface area (Å²) in [6, 6.07) is 4.47. The van der Waals surface area contributed by atoms with Crippen molar-refractivity contribution in [2.75, 3.05) is 38.1 Å². The van der Waals surface area contributed by atoms with Gasteiger partial charge in [-0.05, 0) is 43.5 Å². The van der Waals surface area contributed by atoms with Crippen molar-refractivity contribution in [1.29, 1.82) is 0 Å². The third-order valence-electron chi connectivity index (χ3n) is 4.05. The molecule has 1 aliphatic heterocycles. The van der Waals surface area contributed by atoms with Crippen molar-refractivity contribution in [3.63, 3.8) is 0 Å². The van der Waals surface area contributed by atoms with Crippen LogP contribution in [0, 0.1) is 0 Å². The van der Waals surface area contributed by atoms with Crippen LogP contribution >= 0.6 is 0 Å². The van der Waals surface area contributed by atoms with Crippen LogP contribution in [0.2, 0.25) is 0 Å². The van der Waals surface area contributed by atoms with E-state index >= 15 is 0 Å². The highest BCUT2D eigenvalue weighted by molar-refractivity contribution is 5.42. The third kappa shape index (κ3) is 3.02. The van der Waals surface area contributed by atoms with E-state index in [9.17, 15) is 0 Å². The topological polar surface area (TPSA) is 19.4 Å². The molecule has 0 N–H and O–H groups in total. The summed E-state index contributed by atoms with van der Waals surface area (Å²) in [6.45, 7) is 8.99. The first-order valence-corrected chi connectivity index (χ1v) is 7.14. The maximum atomic E-state index is 4.55. The Hall–Kier alpha value is -1.09. The smallest absolute Gasteiger partial charge is 0.128 e. The second-order valence-electron chi connectivity index (χ2n) is 5.25. The predicted octanol–water partition coefficient (Wildman–Crippen LogP) is 2.74. The highest BCUT2D eigenvalue weighted by Gasteiger charge is 2.16. The molecule has 1 aliphatic rings. The van der Waals surface area contributed by atoms with Crippen LogP contribution in [-0.4, -0.2) is 43.1 Å². The van der Waals surface area contributed by atoms with Crippen molar-refractivity contribution < 1.29 is 0 Å². The van der Waals surface area contributed by atoms with E-state index in [-0.39, 0.29) is 0 Å². The van der Waals surface area contributed by atoms with Crippen molar-refractivity contribution in [1.82, 2.24) is 9.88 Å². The molecule has 2 rings (SSSR count). The number of piperazine rings is 1. The Kier molecular flexibility index (Phi) is 4.59. The van der Waals surface area contributed by atoms with Gasteiger partial charge >= 0.3 is 0 Å². The van der Waals surface area contributed by atoms with Crippen molar-refractivity contribution in [2.45, 2.75) is 32.6 Å². The van der Waals surface area contributed by atoms with E-state index in [1.54, 1.807) is 0 Å². The molecule has 2 heterocycles. The number of anilines is 1. The van der Waals surface area contributed by atoms with Gasteiger partial charge in [0.05, 0.1) is 0 Å². The number of rotatable bonds is 4. The third-order valence-corrected chi connectivity index (χ3v) is 4.05. The van der Waals surface area contributed by atoms with Crippen LogP contribution in [0.4, 0.5) is 5.82 Å². The number of hydrogen-bond acceptors (Lipinski definition) is 3. The summed E-state index contributed by atoms with van der Waals surface area (Å²) in [4.78, 5) is 9.33. The van der Waals surface area contributed by atoms with Gasteiger partial charge in [0, 0.05) is 32.4 Å². The van der Waals surface area contributed by atoms with Gasteiger partial charge in [-0.2, -0.15) is 0 Å². The summed E-state index contributed by atoms with van der Waals surface area (Å²) in [6.07, 6.45) is 4.40. The first kappa shape index (κ1) is 13.3. The minimum atomic E-state index is 0.680. The van der Waals surface area contributed by atoms with Gasteiger partial charge in [-0.25, -0.2) is 4.98 Å². The molecule has 0 saturated carbocycles. The first-order chi connectivity index (χ1) is 8.74. The van der Waals surface area contributed by atoms with Crippen molar-refractivity contribution in [3.8, 4) is 0 Å². The molecule has 1 aromatic heterocycles. The predicted molar refractivity (Wildman–Crippen MR) is 77.3 cm³/mol. The molecule has 0 spiro atoms. The fraction of sp³-hybridized carbons (Fsp3) is 0.667. The van der Waals surface area contributed by atoms with E-state index in [0.717, 1.165) is 32.0 Å². The number of nitrogens with zero attached hydrogens (tertiary/aromatic N) is 3. The fourth-order valence-corrected chi connectivity index (χ4v) is 2.66. The van der Waals surface area contributed by atoms with Crippen LogP contribution in [0.25, 0.3) is 0 Å². The molecular formula is C15H25N3. The highest BCUT2D eigenvalue weighted by Crippen LogP contribution is 2.25. The molecule has 1 saturated heterocycles. The van der Waals surface area contributed by atoms with Crippen LogP contribution in [0.15, 0.2) is 18.3 Å². The molecule has 0 radical (unpaired) electrons. The highest BCUT2D eigenvalue weighted by atomic mass is 15.3. The Labute approximate surface area is 111 Å². The Morgan fingerprint density at radius 3 is 2.44 bits per heavy atom. The van der Waals surface area contributed by atoms with Gasteiger partial charge in [-0.15, -0.1) is 0 Å². The first-order valence-electron chi connectivity index (χ1n) is 7.14. The fourth-order valence-electron chi connectivity index (χ4n) is 2.66. The summed E-state index contributed by atoms with van der Waals surface area (Å²) in [5.74, 6) is 1.84. The molecular weight excluding hydrogens is 222 g/mol.